The van der Waals surface area contributed by atoms with E-state index < -0.39 is 0 Å². The first kappa shape index (κ1) is 10.2. The van der Waals surface area contributed by atoms with Crippen molar-refractivity contribution >= 4 is 15.9 Å². The molecule has 0 saturated heterocycles. The van der Waals surface area contributed by atoms with Crippen LogP contribution in [-0.4, -0.2) is 0 Å². The molecular weight excluding hydrogens is 228 g/mol. The van der Waals surface area contributed by atoms with Crippen LogP contribution in [0.2, 0.25) is 0 Å². The fraction of sp³-hybridized carbons (Fsp3) is 0.300. The van der Waals surface area contributed by atoms with E-state index in [1.807, 2.05) is 25.1 Å². The Kier molecular flexibility index (Phi) is 3.47. The number of nitrogens with two attached hydrogens (primary N) is 1. The summed E-state index contributed by atoms with van der Waals surface area (Å²) in [5, 5.41) is 8.49. The van der Waals surface area contributed by atoms with Crippen LogP contribution in [0.25, 0.3) is 0 Å². The van der Waals surface area contributed by atoms with E-state index in [-0.39, 0.29) is 6.04 Å². The fourth-order valence-electron chi connectivity index (χ4n) is 1.19. The maximum atomic E-state index is 8.49. The molecule has 2 nitrogen and oxygen atoms in total. The van der Waals surface area contributed by atoms with Crippen LogP contribution in [-0.2, 0) is 0 Å². The first-order valence-electron chi connectivity index (χ1n) is 4.03. The molecule has 13 heavy (non-hydrogen) atoms. The smallest absolute Gasteiger partial charge is 0.0641 e. The summed E-state index contributed by atoms with van der Waals surface area (Å²) in [4.78, 5) is 0. The summed E-state index contributed by atoms with van der Waals surface area (Å²) in [5.41, 5.74) is 7.96. The van der Waals surface area contributed by atoms with Gasteiger partial charge in [-0.1, -0.05) is 22.0 Å². The van der Waals surface area contributed by atoms with Gasteiger partial charge in [-0.15, -0.1) is 0 Å². The van der Waals surface area contributed by atoms with E-state index in [1.165, 1.54) is 0 Å². The monoisotopic (exact) mass is 238 g/mol. The van der Waals surface area contributed by atoms with Crippen molar-refractivity contribution in [2.24, 2.45) is 5.73 Å². The third-order valence-electron chi connectivity index (χ3n) is 1.80. The Morgan fingerprint density at radius 1 is 1.54 bits per heavy atom. The minimum atomic E-state index is -0.179. The van der Waals surface area contributed by atoms with E-state index in [2.05, 4.69) is 22.0 Å². The normalized spacial score (nSPS) is 12.2. The molecule has 68 valence electrons. The van der Waals surface area contributed by atoms with Crippen molar-refractivity contribution < 1.29 is 0 Å². The molecule has 0 unspecified atom stereocenters. The second-order valence-corrected chi connectivity index (χ2v) is 3.95. The molecule has 3 heteroatoms. The second kappa shape index (κ2) is 4.40. The molecule has 0 radical (unpaired) electrons. The van der Waals surface area contributed by atoms with E-state index in [0.29, 0.717) is 6.42 Å². The molecule has 0 aliphatic carbocycles. The van der Waals surface area contributed by atoms with Gasteiger partial charge in [0, 0.05) is 10.5 Å². The summed E-state index contributed by atoms with van der Waals surface area (Å²) in [6.45, 7) is 2.01. The van der Waals surface area contributed by atoms with Crippen LogP contribution in [0, 0.1) is 18.3 Å². The second-order valence-electron chi connectivity index (χ2n) is 3.03. The molecule has 1 aromatic carbocycles. The molecule has 0 saturated carbocycles. The number of aryl methyl sites for hydroxylation is 1. The third-order valence-corrected chi connectivity index (χ3v) is 2.26. The van der Waals surface area contributed by atoms with Crippen molar-refractivity contribution in [1.82, 2.24) is 0 Å². The average molecular weight is 239 g/mol. The Bertz CT molecular complexity index is 321. The summed E-state index contributed by atoms with van der Waals surface area (Å²) in [6, 6.07) is 7.86. The van der Waals surface area contributed by atoms with Gasteiger partial charge in [-0.2, -0.15) is 5.26 Å². The van der Waals surface area contributed by atoms with Gasteiger partial charge in [0.05, 0.1) is 12.5 Å². The topological polar surface area (TPSA) is 49.8 Å². The third kappa shape index (κ3) is 2.83. The van der Waals surface area contributed by atoms with E-state index in [9.17, 15) is 0 Å². The van der Waals surface area contributed by atoms with E-state index in [4.69, 9.17) is 11.0 Å². The SMILES string of the molecule is Cc1cc(Br)cc([C@H](N)CC#N)c1. The number of nitriles is 1. The zero-order chi connectivity index (χ0) is 9.84. The maximum absolute atomic E-state index is 8.49. The summed E-state index contributed by atoms with van der Waals surface area (Å²) in [6.07, 6.45) is 0.357. The summed E-state index contributed by atoms with van der Waals surface area (Å²) in [5.74, 6) is 0. The molecular formula is C10H11BrN2. The summed E-state index contributed by atoms with van der Waals surface area (Å²) >= 11 is 3.39. The summed E-state index contributed by atoms with van der Waals surface area (Å²) in [7, 11) is 0. The van der Waals surface area contributed by atoms with Crippen molar-refractivity contribution in [3.05, 3.63) is 33.8 Å². The highest BCUT2D eigenvalue weighted by Crippen LogP contribution is 2.20. The molecule has 0 heterocycles. The number of rotatable bonds is 2. The predicted octanol–water partition coefficient (Wildman–Crippen LogP) is 2.67. The standard InChI is InChI=1S/C10H11BrN2/c1-7-4-8(6-9(11)5-7)10(13)2-3-12/h4-6,10H,2,13H2,1H3/t10-/m1/s1. The van der Waals surface area contributed by atoms with Crippen LogP contribution >= 0.6 is 15.9 Å². The molecule has 2 N–H and O–H groups in total. The number of hydrogen-bond acceptors (Lipinski definition) is 2. The van der Waals surface area contributed by atoms with Gasteiger partial charge < -0.3 is 5.73 Å². The molecule has 0 aromatic heterocycles. The van der Waals surface area contributed by atoms with Gasteiger partial charge in [0.15, 0.2) is 0 Å². The van der Waals surface area contributed by atoms with Gasteiger partial charge in [-0.25, -0.2) is 0 Å². The predicted molar refractivity (Wildman–Crippen MR) is 56.0 cm³/mol. The highest BCUT2D eigenvalue weighted by molar-refractivity contribution is 9.10. The minimum absolute atomic E-state index is 0.179. The zero-order valence-electron chi connectivity index (χ0n) is 7.42. The van der Waals surface area contributed by atoms with Gasteiger partial charge in [0.25, 0.3) is 0 Å². The molecule has 1 aromatic rings. The average Bonchev–Trinajstić information content (AvgIpc) is 2.03. The van der Waals surface area contributed by atoms with Gasteiger partial charge in [0.1, 0.15) is 0 Å². The molecule has 1 atom stereocenters. The van der Waals surface area contributed by atoms with Crippen LogP contribution in [0.3, 0.4) is 0 Å². The van der Waals surface area contributed by atoms with Crippen LogP contribution in [0.5, 0.6) is 0 Å². The summed E-state index contributed by atoms with van der Waals surface area (Å²) < 4.78 is 1.01. The van der Waals surface area contributed by atoms with Gasteiger partial charge >= 0.3 is 0 Å². The van der Waals surface area contributed by atoms with Gasteiger partial charge in [-0.3, -0.25) is 0 Å². The lowest BCUT2D eigenvalue weighted by Crippen LogP contribution is -2.09. The van der Waals surface area contributed by atoms with Crippen LogP contribution < -0.4 is 5.73 Å². The van der Waals surface area contributed by atoms with Crippen molar-refractivity contribution in [1.29, 1.82) is 5.26 Å². The Labute approximate surface area is 86.5 Å². The van der Waals surface area contributed by atoms with E-state index >= 15 is 0 Å². The Morgan fingerprint density at radius 2 is 2.23 bits per heavy atom. The zero-order valence-corrected chi connectivity index (χ0v) is 9.01. The molecule has 0 spiro atoms. The van der Waals surface area contributed by atoms with Crippen LogP contribution in [0.15, 0.2) is 22.7 Å². The highest BCUT2D eigenvalue weighted by atomic mass is 79.9. The lowest BCUT2D eigenvalue weighted by Gasteiger charge is -2.09. The first-order chi connectivity index (χ1) is 6.13. The molecule has 0 aliphatic rings. The van der Waals surface area contributed by atoms with Crippen molar-refractivity contribution in [2.75, 3.05) is 0 Å². The molecule has 0 fully saturated rings. The van der Waals surface area contributed by atoms with Crippen LogP contribution in [0.4, 0.5) is 0 Å². The van der Waals surface area contributed by atoms with Gasteiger partial charge in [-0.05, 0) is 30.2 Å². The first-order valence-corrected chi connectivity index (χ1v) is 4.82. The maximum Gasteiger partial charge on any atom is 0.0641 e. The van der Waals surface area contributed by atoms with Crippen molar-refractivity contribution in [3.8, 4) is 6.07 Å². The molecule has 0 bridgehead atoms. The number of benzene rings is 1. The van der Waals surface area contributed by atoms with Crippen molar-refractivity contribution in [3.63, 3.8) is 0 Å². The molecule has 0 aliphatic heterocycles. The number of nitrogens with zero attached hydrogens (tertiary/aromatic N) is 1. The number of hydrogen-bond donors (Lipinski definition) is 1. The Morgan fingerprint density at radius 3 is 2.77 bits per heavy atom. The largest absolute Gasteiger partial charge is 0.323 e. The van der Waals surface area contributed by atoms with E-state index in [0.717, 1.165) is 15.6 Å². The lowest BCUT2D eigenvalue weighted by molar-refractivity contribution is 0.747. The van der Waals surface area contributed by atoms with E-state index in [1.54, 1.807) is 0 Å². The Hall–Kier alpha value is -0.850. The lowest BCUT2D eigenvalue weighted by atomic mass is 10.0. The Balaban J connectivity index is 2.95. The number of halogens is 1. The highest BCUT2D eigenvalue weighted by Gasteiger charge is 2.05. The minimum Gasteiger partial charge on any atom is -0.323 e. The van der Waals surface area contributed by atoms with Crippen molar-refractivity contribution in [2.45, 2.75) is 19.4 Å². The quantitative estimate of drug-likeness (QED) is 0.862. The molecule has 1 rings (SSSR count). The molecule has 0 amide bonds. The van der Waals surface area contributed by atoms with Gasteiger partial charge in [0.2, 0.25) is 0 Å². The fourth-order valence-corrected chi connectivity index (χ4v) is 1.82. The van der Waals surface area contributed by atoms with Crippen LogP contribution in [0.1, 0.15) is 23.6 Å².